The van der Waals surface area contributed by atoms with Crippen LogP contribution in [-0.2, 0) is 28.1 Å². The highest BCUT2D eigenvalue weighted by Gasteiger charge is 2.47. The molecule has 21 nitrogen and oxygen atoms in total. The summed E-state index contributed by atoms with van der Waals surface area (Å²) in [6, 6.07) is 23.6. The fourth-order valence-corrected chi connectivity index (χ4v) is 20.9. The van der Waals surface area contributed by atoms with E-state index in [1.54, 1.807) is 122 Å². The van der Waals surface area contributed by atoms with Crippen LogP contribution in [0.3, 0.4) is 0 Å². The van der Waals surface area contributed by atoms with Crippen molar-refractivity contribution in [1.29, 1.82) is 0 Å². The number of carbonyl (C=O) groups is 3. The first-order valence-electron chi connectivity index (χ1n) is 37.0. The van der Waals surface area contributed by atoms with E-state index in [1.807, 2.05) is 41.5 Å². The molecule has 6 aromatic rings. The van der Waals surface area contributed by atoms with Crippen molar-refractivity contribution < 1.29 is 41.3 Å². The quantitative estimate of drug-likeness (QED) is 0.0974. The Kier molecular flexibility index (Phi) is 25.2. The van der Waals surface area contributed by atoms with Gasteiger partial charge < -0.3 is 29.4 Å². The first kappa shape index (κ1) is 85.3. The molecule has 0 aliphatic carbocycles. The number of aromatic nitrogens is 3. The maximum absolute atomic E-state index is 14.8. The van der Waals surface area contributed by atoms with Gasteiger partial charge in [-0.05, 0) is 131 Å². The third-order valence-corrected chi connectivity index (χ3v) is 26.1. The van der Waals surface area contributed by atoms with E-state index in [4.69, 9.17) is 64.0 Å². The number of anilines is 3. The van der Waals surface area contributed by atoms with E-state index in [-0.39, 0.29) is 102 Å². The summed E-state index contributed by atoms with van der Waals surface area (Å²) >= 11 is 20.2. The molecule has 0 spiro atoms. The lowest BCUT2D eigenvalue weighted by molar-refractivity contribution is -0.131. The third-order valence-electron chi connectivity index (χ3n) is 19.9. The predicted molar refractivity (Wildman–Crippen MR) is 447 cm³/mol. The number of fused-ring (bicyclic) bond motifs is 3. The first-order valence-corrected chi connectivity index (χ1v) is 44.3. The van der Waals surface area contributed by atoms with Crippen molar-refractivity contribution in [1.82, 2.24) is 44.4 Å². The van der Waals surface area contributed by atoms with Crippen molar-refractivity contribution in [3.05, 3.63) is 178 Å². The zero-order valence-corrected chi connectivity index (χ0v) is 71.6. The van der Waals surface area contributed by atoms with Gasteiger partial charge in [0, 0.05) is 132 Å². The van der Waals surface area contributed by atoms with E-state index in [2.05, 4.69) is 96.8 Å². The fourth-order valence-electron chi connectivity index (χ4n) is 14.6. The molecular weight excluding hydrogens is 1540 g/mol. The minimum Gasteiger partial charge on any atom is -0.349 e. The van der Waals surface area contributed by atoms with Gasteiger partial charge in [-0.25, -0.2) is 28.1 Å². The van der Waals surface area contributed by atoms with Gasteiger partial charge in [-0.3, -0.25) is 42.1 Å². The van der Waals surface area contributed by atoms with Crippen LogP contribution in [0.4, 0.5) is 30.6 Å². The van der Waals surface area contributed by atoms with E-state index < -0.39 is 39.8 Å². The highest BCUT2D eigenvalue weighted by atomic mass is 35.5. The molecule has 594 valence electrons. The number of hydrogen-bond donors (Lipinski definition) is 0. The molecule has 12 rings (SSSR count). The van der Waals surface area contributed by atoms with E-state index in [9.17, 15) is 41.3 Å². The van der Waals surface area contributed by atoms with Crippen LogP contribution in [0.5, 0.6) is 0 Å². The number of piperazine rings is 3. The Morgan fingerprint density at radius 3 is 0.838 bits per heavy atom. The summed E-state index contributed by atoms with van der Waals surface area (Å²) < 4.78 is 106. The zero-order valence-electron chi connectivity index (χ0n) is 66.6. The average molecular weight is 1640 g/mol. The van der Waals surface area contributed by atoms with Crippen molar-refractivity contribution in [3.63, 3.8) is 0 Å². The van der Waals surface area contributed by atoms with Gasteiger partial charge in [0.15, 0.2) is 0 Å². The van der Waals surface area contributed by atoms with E-state index in [0.29, 0.717) is 128 Å². The Hall–Kier alpha value is -8.10. The first-order chi connectivity index (χ1) is 51.7. The van der Waals surface area contributed by atoms with Crippen molar-refractivity contribution in [3.8, 4) is 33.8 Å². The monoisotopic (exact) mass is 1640 g/mol. The summed E-state index contributed by atoms with van der Waals surface area (Å²) in [5, 5.41) is 0.837. The minimum atomic E-state index is -3.29. The maximum Gasteiger partial charge on any atom is 0.281 e. The molecule has 3 saturated heterocycles. The summed E-state index contributed by atoms with van der Waals surface area (Å²) in [5.41, 5.74) is 3.00. The van der Waals surface area contributed by atoms with Crippen LogP contribution >= 0.6 is 57.1 Å². The number of carbonyl (C=O) groups excluding carboxylic acids is 3. The van der Waals surface area contributed by atoms with Crippen LogP contribution < -0.4 is 14.0 Å². The second kappa shape index (κ2) is 32.8. The van der Waals surface area contributed by atoms with Gasteiger partial charge in [0.1, 0.15) is 52.4 Å². The summed E-state index contributed by atoms with van der Waals surface area (Å²) in [6.45, 7) is 50.3. The average Bonchev–Trinajstić information content (AvgIpc) is 0.743. The Labute approximate surface area is 666 Å². The fraction of sp³-hybridized carbons (Fsp3) is 0.444. The number of pyridine rings is 3. The number of halogens is 6. The number of amidine groups is 3. The lowest BCUT2D eigenvalue weighted by Gasteiger charge is -2.47. The molecule has 3 aromatic heterocycles. The summed E-state index contributed by atoms with van der Waals surface area (Å²) in [4.78, 5) is 63.2. The number of rotatable bonds is 9. The van der Waals surface area contributed by atoms with Gasteiger partial charge in [0.25, 0.3) is 22.3 Å². The topological polar surface area (TPSA) is 207 Å². The molecule has 9 atom stereocenters. The third kappa shape index (κ3) is 18.4. The van der Waals surface area contributed by atoms with E-state index in [1.165, 1.54) is 36.4 Å². The Morgan fingerprint density at radius 2 is 0.631 bits per heavy atom. The molecule has 30 heteroatoms. The minimum absolute atomic E-state index is 0.106. The molecule has 9 heterocycles. The van der Waals surface area contributed by atoms with Crippen molar-refractivity contribution >= 4 is 110 Å². The van der Waals surface area contributed by atoms with Gasteiger partial charge in [-0.2, -0.15) is 14.3 Å². The van der Waals surface area contributed by atoms with Crippen LogP contribution in [0.15, 0.2) is 143 Å². The molecule has 3 aromatic carbocycles. The van der Waals surface area contributed by atoms with Crippen LogP contribution in [0, 0.1) is 33.7 Å². The van der Waals surface area contributed by atoms with Crippen LogP contribution in [0.25, 0.3) is 33.8 Å². The molecule has 6 aliphatic rings. The maximum atomic E-state index is 14.8. The van der Waals surface area contributed by atoms with Crippen LogP contribution in [0.1, 0.15) is 121 Å². The molecule has 111 heavy (non-hydrogen) atoms. The highest BCUT2D eigenvalue weighted by Crippen LogP contribution is 2.60. The van der Waals surface area contributed by atoms with Crippen LogP contribution in [0.2, 0.25) is 15.1 Å². The SMILES string of the molecule is C=CC(=O)N1C[C@H](C)N(C2=NP(C)(=O)N(CC(C)(C)C)c3nc(-c4ccccc4F)c(Cl)cc32)C[C@H]1C.C=CC(=O)N1C[C@H](C)N(C2=NP(C)(=O)N(CC(C)(C)C)c3nc(-c4ccccc4F)c(Cl)cc32)C[C@H]1C.C=CC(=O)N1C[C@H](C)N(C2=NP(C)(=O)N(CC(C)(C)C)c3nc(-c4ccccc4F)c(Cl)cc32)C[C@H]1C. The summed E-state index contributed by atoms with van der Waals surface area (Å²) in [5.74, 6) is 1.33. The van der Waals surface area contributed by atoms with Crippen LogP contribution in [-0.4, -0.2) is 195 Å². The summed E-state index contributed by atoms with van der Waals surface area (Å²) in [6.07, 6.45) is 3.97. The van der Waals surface area contributed by atoms with Gasteiger partial charge >= 0.3 is 0 Å². The number of amides is 3. The number of nitrogens with zero attached hydrogens (tertiary/aromatic N) is 15. The Balaban J connectivity index is 0.000000177. The smallest absolute Gasteiger partial charge is 0.281 e. The van der Waals surface area contributed by atoms with E-state index in [0.717, 1.165) is 0 Å². The Bertz CT molecular complexity index is 4450. The molecule has 6 aliphatic heterocycles. The second-order valence-corrected chi connectivity index (χ2v) is 41.6. The Morgan fingerprint density at radius 1 is 0.405 bits per heavy atom. The molecule has 0 saturated carbocycles. The molecule has 3 amide bonds. The predicted octanol–water partition coefficient (Wildman–Crippen LogP) is 18.3. The van der Waals surface area contributed by atoms with Gasteiger partial charge in [-0.15, -0.1) is 0 Å². The zero-order chi connectivity index (χ0) is 81.9. The normalized spacial score (nSPS) is 24.0. The van der Waals surface area contributed by atoms with E-state index >= 15 is 0 Å². The van der Waals surface area contributed by atoms with Gasteiger partial charge in [-0.1, -0.05) is 153 Å². The standard InChI is InChI=1S/3C27H34ClFN5O2P/c3*1-8-23(35)32-14-18(3)33(15-17(32)2)26-20-13-21(28)24(19-11-9-10-12-22(19)29)30-25(20)34(16-27(4,5)6)37(7,36)31-26/h3*8-13,17-18H,1,14-16H2,2-7H3/t3*17-,18+,37?/m111/s1. The molecular formula is C81H102Cl3F3N15O6P3. The molecule has 0 radical (unpaired) electrons. The molecule has 3 unspecified atom stereocenters. The molecule has 0 N–H and O–H groups in total. The highest BCUT2D eigenvalue weighted by molar-refractivity contribution is 7.64. The largest absolute Gasteiger partial charge is 0.349 e. The lowest BCUT2D eigenvalue weighted by atomic mass is 9.96. The van der Waals surface area contributed by atoms with Crippen molar-refractivity contribution in [2.24, 2.45) is 30.5 Å². The van der Waals surface area contributed by atoms with Crippen molar-refractivity contribution in [2.45, 2.75) is 140 Å². The van der Waals surface area contributed by atoms with Gasteiger partial charge in [0.05, 0.1) is 48.8 Å². The molecule has 3 fully saturated rings. The molecule has 0 bridgehead atoms. The van der Waals surface area contributed by atoms with Crippen molar-refractivity contribution in [2.75, 3.05) is 92.9 Å². The number of hydrogen-bond acceptors (Lipinski definition) is 12. The van der Waals surface area contributed by atoms with Gasteiger partial charge in [0.2, 0.25) is 17.7 Å². The summed E-state index contributed by atoms with van der Waals surface area (Å²) in [7, 11) is -9.87. The lowest BCUT2D eigenvalue weighted by Crippen LogP contribution is -2.59. The second-order valence-electron chi connectivity index (χ2n) is 33.3. The number of benzene rings is 3.